The molecule has 0 spiro atoms. The van der Waals surface area contributed by atoms with Crippen LogP contribution >= 0.6 is 15.9 Å². The molecule has 82 valence electrons. The van der Waals surface area contributed by atoms with Crippen molar-refractivity contribution < 1.29 is 9.90 Å². The van der Waals surface area contributed by atoms with E-state index in [0.29, 0.717) is 0 Å². The van der Waals surface area contributed by atoms with Crippen LogP contribution in [0.15, 0.2) is 4.47 Å². The van der Waals surface area contributed by atoms with E-state index in [1.807, 2.05) is 13.8 Å². The number of aliphatic carboxylic acids is 1. The summed E-state index contributed by atoms with van der Waals surface area (Å²) in [4.78, 5) is 11.2. The first-order valence-electron chi connectivity index (χ1n) is 4.96. The molecule has 1 fully saturated rings. The maximum Gasteiger partial charge on any atom is 0.328 e. The van der Waals surface area contributed by atoms with Crippen LogP contribution in [0.4, 0.5) is 0 Å². The van der Waals surface area contributed by atoms with Gasteiger partial charge in [-0.25, -0.2) is 4.79 Å². The van der Waals surface area contributed by atoms with Crippen LogP contribution in [-0.2, 0) is 4.79 Å². The number of hydrogen-bond acceptors (Lipinski definition) is 2. The van der Waals surface area contributed by atoms with Gasteiger partial charge >= 0.3 is 5.97 Å². The summed E-state index contributed by atoms with van der Waals surface area (Å²) in [6.07, 6.45) is 1.99. The number of carbonyl (C=O) groups is 1. The summed E-state index contributed by atoms with van der Waals surface area (Å²) in [5.74, 6) is -0.525. The van der Waals surface area contributed by atoms with Gasteiger partial charge in [0, 0.05) is 0 Å². The molecule has 2 rings (SSSR count). The molecule has 0 aliphatic heterocycles. The van der Waals surface area contributed by atoms with E-state index in [1.165, 1.54) is 0 Å². The van der Waals surface area contributed by atoms with Crippen LogP contribution in [-0.4, -0.2) is 20.9 Å². The molecule has 0 saturated heterocycles. The Kier molecular flexibility index (Phi) is 2.58. The van der Waals surface area contributed by atoms with Crippen molar-refractivity contribution in [1.82, 2.24) is 9.78 Å². The molecule has 1 saturated carbocycles. The summed E-state index contributed by atoms with van der Waals surface area (Å²) in [6, 6.07) is -0.491. The lowest BCUT2D eigenvalue weighted by Crippen LogP contribution is -2.23. The molecule has 1 atom stereocenters. The zero-order valence-corrected chi connectivity index (χ0v) is 10.3. The van der Waals surface area contributed by atoms with E-state index in [9.17, 15) is 9.90 Å². The molecule has 5 heteroatoms. The SMILES string of the molecule is Cc1nn(C(C(=O)O)C2CC2)c(C)c1Br. The molecular weight excluding hydrogens is 260 g/mol. The zero-order valence-electron chi connectivity index (χ0n) is 8.70. The highest BCUT2D eigenvalue weighted by Gasteiger charge is 2.39. The molecule has 1 heterocycles. The van der Waals surface area contributed by atoms with Crippen LogP contribution in [0.25, 0.3) is 0 Å². The molecule has 0 bridgehead atoms. The van der Waals surface area contributed by atoms with Crippen molar-refractivity contribution in [2.24, 2.45) is 5.92 Å². The number of carboxylic acid groups (broad SMARTS) is 1. The van der Waals surface area contributed by atoms with E-state index >= 15 is 0 Å². The fourth-order valence-corrected chi connectivity index (χ4v) is 2.09. The van der Waals surface area contributed by atoms with Gasteiger partial charge in [-0.15, -0.1) is 0 Å². The van der Waals surface area contributed by atoms with Crippen molar-refractivity contribution in [2.45, 2.75) is 32.7 Å². The van der Waals surface area contributed by atoms with Crippen molar-refractivity contribution in [3.63, 3.8) is 0 Å². The summed E-state index contributed by atoms with van der Waals surface area (Å²) in [7, 11) is 0. The molecule has 1 unspecified atom stereocenters. The molecule has 15 heavy (non-hydrogen) atoms. The zero-order chi connectivity index (χ0) is 11.2. The van der Waals surface area contributed by atoms with Gasteiger partial charge in [-0.2, -0.15) is 5.10 Å². The van der Waals surface area contributed by atoms with Crippen molar-refractivity contribution in [3.8, 4) is 0 Å². The Hall–Kier alpha value is -0.840. The number of aryl methyl sites for hydroxylation is 1. The summed E-state index contributed by atoms with van der Waals surface area (Å²) < 4.78 is 2.55. The molecule has 0 radical (unpaired) electrons. The topological polar surface area (TPSA) is 55.1 Å². The van der Waals surface area contributed by atoms with Crippen molar-refractivity contribution in [2.75, 3.05) is 0 Å². The fraction of sp³-hybridized carbons (Fsp3) is 0.600. The number of carboxylic acids is 1. The lowest BCUT2D eigenvalue weighted by Gasteiger charge is -2.13. The number of aromatic nitrogens is 2. The summed E-state index contributed by atoms with van der Waals surface area (Å²) in [6.45, 7) is 3.77. The van der Waals surface area contributed by atoms with Crippen LogP contribution in [0.5, 0.6) is 0 Å². The third-order valence-electron chi connectivity index (χ3n) is 2.82. The van der Waals surface area contributed by atoms with Crippen molar-refractivity contribution in [1.29, 1.82) is 0 Å². The van der Waals surface area contributed by atoms with Crippen LogP contribution < -0.4 is 0 Å². The monoisotopic (exact) mass is 272 g/mol. The molecule has 1 aromatic rings. The summed E-state index contributed by atoms with van der Waals surface area (Å²) >= 11 is 3.41. The van der Waals surface area contributed by atoms with E-state index in [0.717, 1.165) is 28.7 Å². The highest BCUT2D eigenvalue weighted by atomic mass is 79.9. The maximum atomic E-state index is 11.2. The highest BCUT2D eigenvalue weighted by Crippen LogP contribution is 2.41. The molecule has 0 aromatic carbocycles. The third-order valence-corrected chi connectivity index (χ3v) is 3.97. The minimum atomic E-state index is -0.782. The smallest absolute Gasteiger partial charge is 0.328 e. The van der Waals surface area contributed by atoms with Gasteiger partial charge in [0.2, 0.25) is 0 Å². The third kappa shape index (κ3) is 1.80. The molecular formula is C10H13BrN2O2. The number of nitrogens with zero attached hydrogens (tertiary/aromatic N) is 2. The number of halogens is 1. The lowest BCUT2D eigenvalue weighted by atomic mass is 10.2. The molecule has 4 nitrogen and oxygen atoms in total. The maximum absolute atomic E-state index is 11.2. The van der Waals surface area contributed by atoms with Crippen molar-refractivity contribution >= 4 is 21.9 Å². The van der Waals surface area contributed by atoms with Gasteiger partial charge < -0.3 is 5.11 Å². The highest BCUT2D eigenvalue weighted by molar-refractivity contribution is 9.10. The van der Waals surface area contributed by atoms with Gasteiger partial charge in [0.25, 0.3) is 0 Å². The first-order valence-corrected chi connectivity index (χ1v) is 5.75. The minimum Gasteiger partial charge on any atom is -0.480 e. The lowest BCUT2D eigenvalue weighted by molar-refractivity contribution is -0.142. The van der Waals surface area contributed by atoms with Gasteiger partial charge in [-0.3, -0.25) is 4.68 Å². The Morgan fingerprint density at radius 3 is 2.53 bits per heavy atom. The van der Waals surface area contributed by atoms with Gasteiger partial charge in [-0.1, -0.05) is 0 Å². The van der Waals surface area contributed by atoms with Gasteiger partial charge in [0.15, 0.2) is 6.04 Å². The summed E-state index contributed by atoms with van der Waals surface area (Å²) in [5.41, 5.74) is 1.74. The molecule has 1 N–H and O–H groups in total. The first kappa shape index (κ1) is 10.7. The predicted octanol–water partition coefficient (Wildman–Crippen LogP) is 2.30. The second kappa shape index (κ2) is 3.63. The van der Waals surface area contributed by atoms with E-state index in [4.69, 9.17) is 0 Å². The van der Waals surface area contributed by atoms with Crippen LogP contribution in [0.1, 0.15) is 30.3 Å². The summed E-state index contributed by atoms with van der Waals surface area (Å²) in [5, 5.41) is 13.5. The molecule has 1 aliphatic carbocycles. The van der Waals surface area contributed by atoms with E-state index in [-0.39, 0.29) is 5.92 Å². The second-order valence-electron chi connectivity index (χ2n) is 4.05. The molecule has 0 amide bonds. The first-order chi connectivity index (χ1) is 7.02. The van der Waals surface area contributed by atoms with Crippen molar-refractivity contribution in [3.05, 3.63) is 15.9 Å². The van der Waals surface area contributed by atoms with E-state index in [2.05, 4.69) is 21.0 Å². The Bertz CT molecular complexity index is 410. The van der Waals surface area contributed by atoms with Gasteiger partial charge in [-0.05, 0) is 48.5 Å². The minimum absolute atomic E-state index is 0.257. The standard InChI is InChI=1S/C10H13BrN2O2/c1-5-8(11)6(2)13(12-5)9(10(14)15)7-3-4-7/h7,9H,3-4H2,1-2H3,(H,14,15). The molecule has 1 aliphatic rings. The van der Waals surface area contributed by atoms with E-state index < -0.39 is 12.0 Å². The Morgan fingerprint density at radius 1 is 1.60 bits per heavy atom. The number of hydrogen-bond donors (Lipinski definition) is 1. The Balaban J connectivity index is 2.41. The van der Waals surface area contributed by atoms with Crippen LogP contribution in [0, 0.1) is 19.8 Å². The normalized spacial score (nSPS) is 17.8. The van der Waals surface area contributed by atoms with Crippen LogP contribution in [0.2, 0.25) is 0 Å². The Labute approximate surface area is 96.4 Å². The second-order valence-corrected chi connectivity index (χ2v) is 4.84. The van der Waals surface area contributed by atoms with Gasteiger partial charge in [0.1, 0.15) is 0 Å². The van der Waals surface area contributed by atoms with Gasteiger partial charge in [0.05, 0.1) is 15.9 Å². The van der Waals surface area contributed by atoms with Crippen LogP contribution in [0.3, 0.4) is 0 Å². The average molecular weight is 273 g/mol. The predicted molar refractivity (Wildman–Crippen MR) is 58.8 cm³/mol. The number of rotatable bonds is 3. The molecule has 1 aromatic heterocycles. The fourth-order valence-electron chi connectivity index (χ4n) is 1.83. The van der Waals surface area contributed by atoms with E-state index in [1.54, 1.807) is 4.68 Å². The average Bonchev–Trinajstić information content (AvgIpc) is 2.93. The largest absolute Gasteiger partial charge is 0.480 e. The Morgan fingerprint density at radius 2 is 2.20 bits per heavy atom. The quantitative estimate of drug-likeness (QED) is 0.919.